The first kappa shape index (κ1) is 19.5. The van der Waals surface area contributed by atoms with Crippen LogP contribution in [0.4, 0.5) is 0 Å². The van der Waals surface area contributed by atoms with Gasteiger partial charge in [0.1, 0.15) is 6.16 Å². The van der Waals surface area contributed by atoms with Crippen LogP contribution in [0.15, 0.2) is 54.9 Å². The van der Waals surface area contributed by atoms with Gasteiger partial charge in [-0.25, -0.2) is 9.79 Å². The number of carbonyl (C=O) groups is 1. The highest BCUT2D eigenvalue weighted by Gasteiger charge is 2.48. The molecule has 0 aliphatic carbocycles. The third-order valence-electron chi connectivity index (χ3n) is 4.24. The summed E-state index contributed by atoms with van der Waals surface area (Å²) in [4.78, 5) is 36.5. The first-order chi connectivity index (χ1) is 11.9. The summed E-state index contributed by atoms with van der Waals surface area (Å²) in [6.45, 7) is 0. The molecule has 25 heavy (non-hydrogen) atoms. The van der Waals surface area contributed by atoms with Gasteiger partial charge in [0, 0.05) is 18.8 Å². The number of aryl methyl sites for hydroxylation is 1. The van der Waals surface area contributed by atoms with E-state index in [0.717, 1.165) is 11.1 Å². The molecule has 0 spiro atoms. The molecule has 0 radical (unpaired) electrons. The molecule has 0 amide bonds. The van der Waals surface area contributed by atoms with Crippen LogP contribution in [-0.4, -0.2) is 37.8 Å². The van der Waals surface area contributed by atoms with Crippen molar-refractivity contribution in [2.45, 2.75) is 25.0 Å². The molecule has 1 aromatic carbocycles. The summed E-state index contributed by atoms with van der Waals surface area (Å²) in [6, 6.07) is 13.0. The van der Waals surface area contributed by atoms with Crippen LogP contribution in [0, 0.1) is 5.92 Å². The molecular weight excluding hydrogens is 339 g/mol. The van der Waals surface area contributed by atoms with Crippen LogP contribution in [0.5, 0.6) is 0 Å². The summed E-state index contributed by atoms with van der Waals surface area (Å²) in [7, 11) is -3.43. The third kappa shape index (κ3) is 6.18. The fourth-order valence-electron chi connectivity index (χ4n) is 2.69. The van der Waals surface area contributed by atoms with E-state index in [1.54, 1.807) is 12.4 Å². The summed E-state index contributed by atoms with van der Waals surface area (Å²) in [5.41, 5.74) is 5.74. The zero-order valence-electron chi connectivity index (χ0n) is 14.0. The SMILES string of the molecule is [NH3+][C@@H](CCc1cccnc1)[P+](O)(O)C[C@@H](Cc1ccccc1)C(=O)O. The lowest BCUT2D eigenvalue weighted by atomic mass is 10.0. The van der Waals surface area contributed by atoms with Gasteiger partial charge in [-0.2, -0.15) is 0 Å². The molecule has 7 heteroatoms. The van der Waals surface area contributed by atoms with Crippen molar-refractivity contribution < 1.29 is 25.4 Å². The summed E-state index contributed by atoms with van der Waals surface area (Å²) in [5.74, 6) is -2.45. The number of carboxylic acid groups (broad SMARTS) is 1. The normalized spacial score (nSPS) is 14.0. The number of carboxylic acids is 1. The van der Waals surface area contributed by atoms with Gasteiger partial charge >= 0.3 is 13.7 Å². The van der Waals surface area contributed by atoms with E-state index >= 15 is 0 Å². The van der Waals surface area contributed by atoms with E-state index in [2.05, 4.69) is 10.7 Å². The van der Waals surface area contributed by atoms with Gasteiger partial charge in [0.2, 0.25) is 5.78 Å². The summed E-state index contributed by atoms with van der Waals surface area (Å²) in [5, 5.41) is 9.45. The second kappa shape index (κ2) is 9.02. The number of hydrogen-bond acceptors (Lipinski definition) is 4. The van der Waals surface area contributed by atoms with Crippen molar-refractivity contribution in [3.8, 4) is 0 Å². The Balaban J connectivity index is 1.97. The number of aliphatic carboxylic acids is 1. The van der Waals surface area contributed by atoms with E-state index in [9.17, 15) is 19.7 Å². The molecule has 1 heterocycles. The molecule has 2 aromatic rings. The van der Waals surface area contributed by atoms with E-state index in [4.69, 9.17) is 0 Å². The van der Waals surface area contributed by atoms with Crippen LogP contribution < -0.4 is 5.73 Å². The van der Waals surface area contributed by atoms with Gasteiger partial charge < -0.3 is 10.8 Å². The van der Waals surface area contributed by atoms with Crippen molar-refractivity contribution in [2.75, 3.05) is 6.16 Å². The fourth-order valence-corrected chi connectivity index (χ4v) is 4.46. The van der Waals surface area contributed by atoms with Gasteiger partial charge in [-0.3, -0.25) is 9.78 Å². The van der Waals surface area contributed by atoms with Crippen molar-refractivity contribution in [2.24, 2.45) is 5.92 Å². The summed E-state index contributed by atoms with van der Waals surface area (Å²) >= 11 is 0. The number of nitrogens with zero attached hydrogens (tertiary/aromatic N) is 1. The summed E-state index contributed by atoms with van der Waals surface area (Å²) in [6.07, 6.45) is 4.64. The van der Waals surface area contributed by atoms with E-state index in [0.29, 0.717) is 12.8 Å². The Bertz CT molecular complexity index is 667. The Hall–Kier alpha value is -1.85. The average Bonchev–Trinajstić information content (AvgIpc) is 2.60. The smallest absolute Gasteiger partial charge is 0.327 e. The number of quaternary nitrogens is 1. The molecule has 2 rings (SSSR count). The molecule has 1 aromatic heterocycles. The minimum absolute atomic E-state index is 0.154. The monoisotopic (exact) mass is 364 g/mol. The molecule has 0 saturated carbocycles. The lowest BCUT2D eigenvalue weighted by Crippen LogP contribution is -2.62. The first-order valence-corrected chi connectivity index (χ1v) is 10.2. The molecule has 2 atom stereocenters. The second-order valence-corrected chi connectivity index (χ2v) is 8.91. The topological polar surface area (TPSA) is 118 Å². The van der Waals surface area contributed by atoms with Crippen LogP contribution in [0.2, 0.25) is 0 Å². The number of benzene rings is 1. The highest BCUT2D eigenvalue weighted by atomic mass is 31.2. The lowest BCUT2D eigenvalue weighted by molar-refractivity contribution is -0.394. The van der Waals surface area contributed by atoms with Crippen LogP contribution >= 0.6 is 7.72 Å². The Labute approximate surface area is 147 Å². The quantitative estimate of drug-likeness (QED) is 0.501. The van der Waals surface area contributed by atoms with Crippen LogP contribution in [0.1, 0.15) is 17.5 Å². The van der Waals surface area contributed by atoms with Gasteiger partial charge in [0.15, 0.2) is 0 Å². The van der Waals surface area contributed by atoms with Crippen molar-refractivity contribution in [1.82, 2.24) is 4.98 Å². The predicted molar refractivity (Wildman–Crippen MR) is 96.7 cm³/mol. The van der Waals surface area contributed by atoms with Gasteiger partial charge in [0.25, 0.3) is 0 Å². The van der Waals surface area contributed by atoms with Crippen LogP contribution in [0.25, 0.3) is 0 Å². The molecule has 134 valence electrons. The molecular formula is C18H25N2O4P+2. The molecule has 0 saturated heterocycles. The van der Waals surface area contributed by atoms with Crippen molar-refractivity contribution in [3.05, 3.63) is 66.0 Å². The van der Waals surface area contributed by atoms with Crippen molar-refractivity contribution in [3.63, 3.8) is 0 Å². The van der Waals surface area contributed by atoms with Gasteiger partial charge in [0.05, 0.1) is 5.92 Å². The zero-order chi connectivity index (χ0) is 18.3. The Morgan fingerprint density at radius 3 is 2.40 bits per heavy atom. The number of rotatable bonds is 9. The molecule has 6 nitrogen and oxygen atoms in total. The lowest BCUT2D eigenvalue weighted by Gasteiger charge is -2.20. The Morgan fingerprint density at radius 2 is 1.80 bits per heavy atom. The third-order valence-corrected chi connectivity index (χ3v) is 6.64. The van der Waals surface area contributed by atoms with E-state index in [-0.39, 0.29) is 12.6 Å². The molecule has 6 N–H and O–H groups in total. The molecule has 0 bridgehead atoms. The largest absolute Gasteiger partial charge is 0.481 e. The Morgan fingerprint density at radius 1 is 1.12 bits per heavy atom. The van der Waals surface area contributed by atoms with Crippen molar-refractivity contribution in [1.29, 1.82) is 0 Å². The molecule has 0 fully saturated rings. The highest BCUT2D eigenvalue weighted by molar-refractivity contribution is 7.65. The van der Waals surface area contributed by atoms with Gasteiger partial charge in [-0.05, 0) is 30.0 Å². The van der Waals surface area contributed by atoms with Crippen molar-refractivity contribution >= 4 is 13.7 Å². The van der Waals surface area contributed by atoms with Crippen LogP contribution in [-0.2, 0) is 17.6 Å². The van der Waals surface area contributed by atoms with Gasteiger partial charge in [-0.15, -0.1) is 0 Å². The fraction of sp³-hybridized carbons (Fsp3) is 0.333. The van der Waals surface area contributed by atoms with E-state index < -0.39 is 25.4 Å². The van der Waals surface area contributed by atoms with E-state index in [1.807, 2.05) is 42.5 Å². The molecule has 0 aliphatic rings. The van der Waals surface area contributed by atoms with Crippen LogP contribution in [0.3, 0.4) is 0 Å². The number of pyridine rings is 1. The standard InChI is InChI=1S/C18H23N2O4P/c19-17(9-8-15-7-4-10-20-12-15)25(23,24)13-16(18(21)22)11-14-5-2-1-3-6-14/h1-7,10,12,16-17,23-24H,8-9,11,13,19H2/p+2/t16-,17-/m1/s1. The number of aromatic nitrogens is 1. The minimum Gasteiger partial charge on any atom is -0.481 e. The minimum atomic E-state index is -3.43. The number of hydrogen-bond donors (Lipinski definition) is 4. The molecule has 0 aliphatic heterocycles. The first-order valence-electron chi connectivity index (χ1n) is 8.20. The maximum Gasteiger partial charge on any atom is 0.327 e. The summed E-state index contributed by atoms with van der Waals surface area (Å²) < 4.78 is 0. The average molecular weight is 364 g/mol. The second-order valence-electron chi connectivity index (χ2n) is 6.25. The van der Waals surface area contributed by atoms with Gasteiger partial charge in [-0.1, -0.05) is 36.4 Å². The molecule has 0 unspecified atom stereocenters. The maximum absolute atomic E-state index is 11.6. The highest BCUT2D eigenvalue weighted by Crippen LogP contribution is 2.55. The zero-order valence-corrected chi connectivity index (χ0v) is 14.9. The van der Waals surface area contributed by atoms with E-state index in [1.165, 1.54) is 0 Å². The maximum atomic E-state index is 11.6. The predicted octanol–water partition coefficient (Wildman–Crippen LogP) is 1.36. The Kier molecular flexibility index (Phi) is 7.02.